The SMILES string of the molecule is CCn1nc(C)c(CCN=C(NC(=O)c2ccccc2C)Nc2ccc(Cl)cc2C)c1C. The number of nitrogens with zero attached hydrogens (tertiary/aromatic N) is 3. The molecule has 0 unspecified atom stereocenters. The van der Waals surface area contributed by atoms with Gasteiger partial charge in [-0.25, -0.2) is 0 Å². The topological polar surface area (TPSA) is 71.3 Å². The number of amides is 1. The summed E-state index contributed by atoms with van der Waals surface area (Å²) < 4.78 is 2.00. The van der Waals surface area contributed by atoms with Crippen LogP contribution in [0.15, 0.2) is 47.5 Å². The molecule has 0 saturated heterocycles. The van der Waals surface area contributed by atoms with Gasteiger partial charge in [0.25, 0.3) is 5.91 Å². The summed E-state index contributed by atoms with van der Waals surface area (Å²) >= 11 is 6.09. The number of rotatable bonds is 6. The summed E-state index contributed by atoms with van der Waals surface area (Å²) in [6, 6.07) is 13.1. The fourth-order valence-electron chi connectivity index (χ4n) is 3.69. The standard InChI is InChI=1S/C25H30ClN5O/c1-6-31-19(5)22(18(4)30-31)13-14-27-25(28-23-12-11-20(26)15-17(23)3)29-24(32)21-10-8-7-9-16(21)2/h7-12,15H,6,13-14H2,1-5H3,(H2,27,28,29,32). The molecule has 3 rings (SSSR count). The highest BCUT2D eigenvalue weighted by Crippen LogP contribution is 2.20. The van der Waals surface area contributed by atoms with E-state index in [4.69, 9.17) is 16.6 Å². The summed E-state index contributed by atoms with van der Waals surface area (Å²) in [5, 5.41) is 11.5. The van der Waals surface area contributed by atoms with Crippen molar-refractivity contribution in [2.24, 2.45) is 4.99 Å². The minimum absolute atomic E-state index is 0.202. The molecule has 0 aliphatic heterocycles. The number of aliphatic imine (C=N–C) groups is 1. The number of benzene rings is 2. The second-order valence-corrected chi connectivity index (χ2v) is 8.24. The summed E-state index contributed by atoms with van der Waals surface area (Å²) in [4.78, 5) is 17.6. The van der Waals surface area contributed by atoms with E-state index < -0.39 is 0 Å². The fraction of sp³-hybridized carbons (Fsp3) is 0.320. The Bertz CT molecular complexity index is 1150. The van der Waals surface area contributed by atoms with E-state index in [1.807, 2.05) is 67.9 Å². The number of halogens is 1. The first kappa shape index (κ1) is 23.5. The van der Waals surface area contributed by atoms with Crippen LogP contribution in [-0.4, -0.2) is 28.2 Å². The Morgan fingerprint density at radius 1 is 1.09 bits per heavy atom. The smallest absolute Gasteiger partial charge is 0.258 e. The summed E-state index contributed by atoms with van der Waals surface area (Å²) in [5.74, 6) is 0.203. The highest BCUT2D eigenvalue weighted by Gasteiger charge is 2.14. The molecule has 32 heavy (non-hydrogen) atoms. The maximum absolute atomic E-state index is 12.9. The molecule has 3 aromatic rings. The molecule has 1 aromatic heterocycles. The highest BCUT2D eigenvalue weighted by atomic mass is 35.5. The fourth-order valence-corrected chi connectivity index (χ4v) is 3.92. The van der Waals surface area contributed by atoms with E-state index in [2.05, 4.69) is 29.6 Å². The molecular weight excluding hydrogens is 422 g/mol. The van der Waals surface area contributed by atoms with Gasteiger partial charge in [0.15, 0.2) is 0 Å². The third kappa shape index (κ3) is 5.56. The van der Waals surface area contributed by atoms with Gasteiger partial charge in [0, 0.05) is 35.1 Å². The average molecular weight is 452 g/mol. The number of guanidine groups is 1. The molecule has 2 aromatic carbocycles. The Morgan fingerprint density at radius 2 is 1.84 bits per heavy atom. The number of anilines is 1. The van der Waals surface area contributed by atoms with Crippen molar-refractivity contribution in [2.75, 3.05) is 11.9 Å². The van der Waals surface area contributed by atoms with E-state index >= 15 is 0 Å². The third-order valence-corrected chi connectivity index (χ3v) is 5.76. The van der Waals surface area contributed by atoms with Gasteiger partial charge in [-0.05, 0) is 82.0 Å². The van der Waals surface area contributed by atoms with Crippen LogP contribution in [0.1, 0.15) is 45.4 Å². The molecular formula is C25H30ClN5O. The van der Waals surface area contributed by atoms with Gasteiger partial charge in [-0.15, -0.1) is 0 Å². The zero-order chi connectivity index (χ0) is 23.3. The lowest BCUT2D eigenvalue weighted by Crippen LogP contribution is -2.36. The number of hydrogen-bond acceptors (Lipinski definition) is 3. The molecule has 2 N–H and O–H groups in total. The van der Waals surface area contributed by atoms with Crippen molar-refractivity contribution in [2.45, 2.75) is 47.6 Å². The Balaban J connectivity index is 1.83. The van der Waals surface area contributed by atoms with Crippen molar-refractivity contribution in [3.8, 4) is 0 Å². The molecule has 6 nitrogen and oxygen atoms in total. The van der Waals surface area contributed by atoms with E-state index in [9.17, 15) is 4.79 Å². The normalized spacial score (nSPS) is 11.5. The second-order valence-electron chi connectivity index (χ2n) is 7.80. The van der Waals surface area contributed by atoms with Gasteiger partial charge in [-0.2, -0.15) is 5.10 Å². The number of carbonyl (C=O) groups is 1. The van der Waals surface area contributed by atoms with Gasteiger partial charge >= 0.3 is 0 Å². The van der Waals surface area contributed by atoms with Crippen molar-refractivity contribution in [1.82, 2.24) is 15.1 Å². The third-order valence-electron chi connectivity index (χ3n) is 5.53. The number of carbonyl (C=O) groups excluding carboxylic acids is 1. The minimum atomic E-state index is -0.202. The first-order valence-electron chi connectivity index (χ1n) is 10.8. The Morgan fingerprint density at radius 3 is 2.50 bits per heavy atom. The van der Waals surface area contributed by atoms with Crippen LogP contribution in [0, 0.1) is 27.7 Å². The number of nitrogens with one attached hydrogen (secondary N) is 2. The molecule has 0 spiro atoms. The molecule has 0 aliphatic rings. The van der Waals surface area contributed by atoms with E-state index in [1.54, 1.807) is 0 Å². The molecule has 0 saturated carbocycles. The summed E-state index contributed by atoms with van der Waals surface area (Å²) in [6.45, 7) is 11.4. The molecule has 7 heteroatoms. The number of hydrogen-bond donors (Lipinski definition) is 2. The van der Waals surface area contributed by atoms with E-state index in [-0.39, 0.29) is 5.91 Å². The predicted molar refractivity (Wildman–Crippen MR) is 132 cm³/mol. The molecule has 0 radical (unpaired) electrons. The molecule has 0 bridgehead atoms. The van der Waals surface area contributed by atoms with Crippen molar-refractivity contribution < 1.29 is 4.79 Å². The maximum atomic E-state index is 12.9. The van der Waals surface area contributed by atoms with Crippen LogP contribution in [0.5, 0.6) is 0 Å². The first-order valence-corrected chi connectivity index (χ1v) is 11.2. The van der Waals surface area contributed by atoms with Crippen molar-refractivity contribution in [1.29, 1.82) is 0 Å². The summed E-state index contributed by atoms with van der Waals surface area (Å²) in [7, 11) is 0. The molecule has 0 aliphatic carbocycles. The second kappa shape index (κ2) is 10.5. The van der Waals surface area contributed by atoms with Gasteiger partial charge in [-0.1, -0.05) is 29.8 Å². The molecule has 0 fully saturated rings. The lowest BCUT2D eigenvalue weighted by Gasteiger charge is -2.15. The van der Waals surface area contributed by atoms with Gasteiger partial charge < -0.3 is 5.32 Å². The zero-order valence-electron chi connectivity index (χ0n) is 19.3. The van der Waals surface area contributed by atoms with Gasteiger partial charge in [0.2, 0.25) is 5.96 Å². The Labute approximate surface area is 194 Å². The highest BCUT2D eigenvalue weighted by molar-refractivity contribution is 6.30. The first-order chi connectivity index (χ1) is 15.3. The van der Waals surface area contributed by atoms with Gasteiger partial charge in [0.05, 0.1) is 5.69 Å². The molecule has 1 amide bonds. The minimum Gasteiger partial charge on any atom is -0.326 e. The zero-order valence-corrected chi connectivity index (χ0v) is 20.0. The van der Waals surface area contributed by atoms with Crippen molar-refractivity contribution >= 4 is 29.2 Å². The van der Waals surface area contributed by atoms with E-state index in [1.165, 1.54) is 5.56 Å². The number of aryl methyl sites for hydroxylation is 4. The average Bonchev–Trinajstić information content (AvgIpc) is 3.03. The summed E-state index contributed by atoms with van der Waals surface area (Å²) in [5.41, 5.74) is 6.70. The molecule has 0 atom stereocenters. The largest absolute Gasteiger partial charge is 0.326 e. The van der Waals surface area contributed by atoms with E-state index in [0.29, 0.717) is 23.1 Å². The van der Waals surface area contributed by atoms with Crippen LogP contribution in [0.25, 0.3) is 0 Å². The van der Waals surface area contributed by atoms with Crippen molar-refractivity contribution in [3.63, 3.8) is 0 Å². The van der Waals surface area contributed by atoms with Gasteiger partial charge in [-0.3, -0.25) is 19.8 Å². The van der Waals surface area contributed by atoms with Gasteiger partial charge in [0.1, 0.15) is 0 Å². The molecule has 168 valence electrons. The lowest BCUT2D eigenvalue weighted by molar-refractivity contribution is 0.0976. The molecule has 1 heterocycles. The lowest BCUT2D eigenvalue weighted by atomic mass is 10.1. The quantitative estimate of drug-likeness (QED) is 0.398. The monoisotopic (exact) mass is 451 g/mol. The van der Waals surface area contributed by atoms with Crippen LogP contribution in [0.3, 0.4) is 0 Å². The Kier molecular flexibility index (Phi) is 7.70. The van der Waals surface area contributed by atoms with Crippen LogP contribution in [0.4, 0.5) is 5.69 Å². The van der Waals surface area contributed by atoms with Crippen molar-refractivity contribution in [3.05, 3.63) is 81.1 Å². The predicted octanol–water partition coefficient (Wildman–Crippen LogP) is 5.23. The maximum Gasteiger partial charge on any atom is 0.258 e. The van der Waals surface area contributed by atoms with Crippen LogP contribution < -0.4 is 10.6 Å². The van der Waals surface area contributed by atoms with Crippen LogP contribution in [0.2, 0.25) is 5.02 Å². The van der Waals surface area contributed by atoms with Crippen LogP contribution in [-0.2, 0) is 13.0 Å². The van der Waals surface area contributed by atoms with Crippen LogP contribution >= 0.6 is 11.6 Å². The Hall–Kier alpha value is -3.12. The summed E-state index contributed by atoms with van der Waals surface area (Å²) in [6.07, 6.45) is 0.739. The number of aromatic nitrogens is 2. The van der Waals surface area contributed by atoms with E-state index in [0.717, 1.165) is 41.2 Å².